The van der Waals surface area contributed by atoms with Crippen molar-refractivity contribution in [3.63, 3.8) is 0 Å². The van der Waals surface area contributed by atoms with Crippen LogP contribution in [0.5, 0.6) is 0 Å². The number of hydrogen-bond donors (Lipinski definition) is 3. The maximum absolute atomic E-state index is 11.3. The molecule has 0 saturated heterocycles. The molecule has 0 aromatic rings. The van der Waals surface area contributed by atoms with Crippen molar-refractivity contribution in [2.24, 2.45) is 11.7 Å². The molecule has 2 aliphatic carbocycles. The van der Waals surface area contributed by atoms with Crippen LogP contribution in [-0.4, -0.2) is 29.2 Å². The highest BCUT2D eigenvalue weighted by Crippen LogP contribution is 2.47. The summed E-state index contributed by atoms with van der Waals surface area (Å²) in [4.78, 5) is 11.3. The normalized spacial score (nSPS) is 30.3. The van der Waals surface area contributed by atoms with Crippen LogP contribution in [0.2, 0.25) is 0 Å². The van der Waals surface area contributed by atoms with E-state index >= 15 is 0 Å². The first-order chi connectivity index (χ1) is 9.18. The summed E-state index contributed by atoms with van der Waals surface area (Å²) in [5.74, 6) is 6.29. The lowest BCUT2D eigenvalue weighted by Gasteiger charge is -2.21. The number of fused-ring (bicyclic) bond motifs is 1. The van der Waals surface area contributed by atoms with Crippen LogP contribution >= 0.6 is 0 Å². The molecular weight excluding hydrogens is 240 g/mol. The second-order valence-corrected chi connectivity index (χ2v) is 5.74. The molecule has 0 amide bonds. The van der Waals surface area contributed by atoms with Crippen LogP contribution in [0.25, 0.3) is 0 Å². The Morgan fingerprint density at radius 1 is 1.47 bits per heavy atom. The van der Waals surface area contributed by atoms with Crippen LogP contribution in [-0.2, 0) is 4.79 Å². The molecule has 1 saturated carbocycles. The minimum absolute atomic E-state index is 0.202. The summed E-state index contributed by atoms with van der Waals surface area (Å²) in [6.07, 6.45) is 7.91. The highest BCUT2D eigenvalue weighted by atomic mass is 16.4. The number of rotatable bonds is 7. The Labute approximate surface area is 115 Å². The van der Waals surface area contributed by atoms with Gasteiger partial charge in [0.15, 0.2) is 0 Å². The average molecular weight is 264 g/mol. The van der Waals surface area contributed by atoms with Crippen LogP contribution in [0.15, 0.2) is 0 Å². The Hall–Kier alpha value is -1.05. The molecule has 0 aliphatic heterocycles. The zero-order chi connectivity index (χ0) is 13.7. The molecule has 3 atom stereocenters. The number of carboxylic acids is 1. The van der Waals surface area contributed by atoms with Crippen molar-refractivity contribution in [1.82, 2.24) is 5.32 Å². The topological polar surface area (TPSA) is 75.3 Å². The van der Waals surface area contributed by atoms with Gasteiger partial charge in [-0.05, 0) is 44.6 Å². The van der Waals surface area contributed by atoms with Crippen molar-refractivity contribution in [2.75, 3.05) is 6.54 Å². The smallest absolute Gasteiger partial charge is 0.320 e. The third-order valence-corrected chi connectivity index (χ3v) is 4.20. The summed E-state index contributed by atoms with van der Waals surface area (Å²) in [5.41, 5.74) is 5.25. The fourth-order valence-electron chi connectivity index (χ4n) is 2.93. The van der Waals surface area contributed by atoms with Gasteiger partial charge in [0.2, 0.25) is 0 Å². The number of unbranched alkanes of at least 4 members (excludes halogenated alkanes) is 1. The Balaban J connectivity index is 1.94. The quantitative estimate of drug-likeness (QED) is 0.481. The zero-order valence-electron chi connectivity index (χ0n) is 11.5. The van der Waals surface area contributed by atoms with Crippen LogP contribution in [0, 0.1) is 17.8 Å². The molecule has 0 spiro atoms. The van der Waals surface area contributed by atoms with Crippen LogP contribution < -0.4 is 11.1 Å². The monoisotopic (exact) mass is 264 g/mol. The van der Waals surface area contributed by atoms with Gasteiger partial charge in [0.1, 0.15) is 6.04 Å². The summed E-state index contributed by atoms with van der Waals surface area (Å²) < 4.78 is 0. The lowest BCUT2D eigenvalue weighted by atomic mass is 10.0. The average Bonchev–Trinajstić information content (AvgIpc) is 3.00. The van der Waals surface area contributed by atoms with E-state index in [4.69, 9.17) is 5.73 Å². The van der Waals surface area contributed by atoms with Gasteiger partial charge in [-0.25, -0.2) is 0 Å². The fourth-order valence-corrected chi connectivity index (χ4v) is 2.93. The molecule has 2 unspecified atom stereocenters. The van der Waals surface area contributed by atoms with E-state index in [0.717, 1.165) is 25.7 Å². The van der Waals surface area contributed by atoms with E-state index in [1.807, 2.05) is 0 Å². The summed E-state index contributed by atoms with van der Waals surface area (Å²) >= 11 is 0. The van der Waals surface area contributed by atoms with Gasteiger partial charge in [-0.3, -0.25) is 10.1 Å². The van der Waals surface area contributed by atoms with E-state index in [-0.39, 0.29) is 5.54 Å². The number of nitrogens with one attached hydrogen (secondary N) is 1. The van der Waals surface area contributed by atoms with Gasteiger partial charge in [0.25, 0.3) is 0 Å². The second-order valence-electron chi connectivity index (χ2n) is 5.74. The molecule has 4 N–H and O–H groups in total. The van der Waals surface area contributed by atoms with Crippen molar-refractivity contribution >= 4 is 5.97 Å². The van der Waals surface area contributed by atoms with E-state index < -0.39 is 12.0 Å². The van der Waals surface area contributed by atoms with Gasteiger partial charge in [-0.15, -0.1) is 5.92 Å². The summed E-state index contributed by atoms with van der Waals surface area (Å²) in [5, 5.41) is 12.6. The lowest BCUT2D eigenvalue weighted by Crippen LogP contribution is -2.45. The van der Waals surface area contributed by atoms with Gasteiger partial charge in [-0.2, -0.15) is 0 Å². The predicted molar refractivity (Wildman–Crippen MR) is 74.5 cm³/mol. The van der Waals surface area contributed by atoms with Crippen LogP contribution in [0.1, 0.15) is 51.4 Å². The van der Waals surface area contributed by atoms with Crippen molar-refractivity contribution in [2.45, 2.75) is 62.9 Å². The van der Waals surface area contributed by atoms with Gasteiger partial charge < -0.3 is 10.8 Å². The minimum atomic E-state index is -0.763. The summed E-state index contributed by atoms with van der Waals surface area (Å²) in [7, 11) is 0. The Kier molecular flexibility index (Phi) is 4.84. The third kappa shape index (κ3) is 3.71. The molecule has 0 aromatic heterocycles. The zero-order valence-corrected chi connectivity index (χ0v) is 11.5. The first kappa shape index (κ1) is 14.4. The number of nitrogens with two attached hydrogens (primary N) is 1. The number of carbonyl (C=O) groups is 1. The van der Waals surface area contributed by atoms with E-state index in [1.165, 1.54) is 19.3 Å². The lowest BCUT2D eigenvalue weighted by molar-refractivity contribution is -0.139. The summed E-state index contributed by atoms with van der Waals surface area (Å²) in [6, 6.07) is -0.481. The van der Waals surface area contributed by atoms with Crippen LogP contribution in [0.3, 0.4) is 0 Å². The molecule has 19 heavy (non-hydrogen) atoms. The molecule has 2 rings (SSSR count). The van der Waals surface area contributed by atoms with E-state index in [1.54, 1.807) is 0 Å². The van der Waals surface area contributed by atoms with Crippen molar-refractivity contribution < 1.29 is 9.90 Å². The Morgan fingerprint density at radius 2 is 2.32 bits per heavy atom. The van der Waals surface area contributed by atoms with E-state index in [9.17, 15) is 9.90 Å². The predicted octanol–water partition coefficient (Wildman–Crippen LogP) is 1.49. The third-order valence-electron chi connectivity index (χ3n) is 4.20. The summed E-state index contributed by atoms with van der Waals surface area (Å²) in [6.45, 7) is 0.625. The molecule has 0 aromatic carbocycles. The maximum Gasteiger partial charge on any atom is 0.320 e. The van der Waals surface area contributed by atoms with Crippen LogP contribution in [0.4, 0.5) is 0 Å². The first-order valence-electron chi connectivity index (χ1n) is 7.38. The van der Waals surface area contributed by atoms with Crippen molar-refractivity contribution in [1.29, 1.82) is 0 Å². The number of hydrogen-bond acceptors (Lipinski definition) is 3. The maximum atomic E-state index is 11.3. The van der Waals surface area contributed by atoms with Gasteiger partial charge in [0.05, 0.1) is 5.54 Å². The SMILES string of the molecule is NCCCC[C@H](NC12C#CCCCCC1C2)C(=O)O. The second kappa shape index (κ2) is 6.40. The molecule has 4 heteroatoms. The van der Waals surface area contributed by atoms with Gasteiger partial charge in [-0.1, -0.05) is 18.8 Å². The highest BCUT2D eigenvalue weighted by molar-refractivity contribution is 5.73. The molecule has 106 valence electrons. The number of aliphatic carboxylic acids is 1. The minimum Gasteiger partial charge on any atom is -0.480 e. The van der Waals surface area contributed by atoms with Gasteiger partial charge in [0, 0.05) is 6.42 Å². The first-order valence-corrected chi connectivity index (χ1v) is 7.38. The molecule has 1 fully saturated rings. The standard InChI is InChI=1S/C15H24N2O2/c16-10-6-4-8-13(14(18)19)17-15-9-5-2-1-3-7-12(15)11-15/h12-13,17H,1-4,6-8,10-11,16H2,(H,18,19)/t12?,13-,15?/m0/s1. The molecule has 2 aliphatic rings. The molecule has 0 heterocycles. The van der Waals surface area contributed by atoms with Gasteiger partial charge >= 0.3 is 5.97 Å². The molecular formula is C15H24N2O2. The van der Waals surface area contributed by atoms with E-state index in [2.05, 4.69) is 17.2 Å². The molecule has 0 bridgehead atoms. The largest absolute Gasteiger partial charge is 0.480 e. The van der Waals surface area contributed by atoms with Crippen molar-refractivity contribution in [3.8, 4) is 11.8 Å². The molecule has 0 radical (unpaired) electrons. The Bertz CT molecular complexity index is 385. The fraction of sp³-hybridized carbons (Fsp3) is 0.800. The highest BCUT2D eigenvalue weighted by Gasteiger charge is 2.54. The van der Waals surface area contributed by atoms with E-state index in [0.29, 0.717) is 18.9 Å². The Morgan fingerprint density at radius 3 is 3.05 bits per heavy atom. The van der Waals surface area contributed by atoms with Crippen molar-refractivity contribution in [3.05, 3.63) is 0 Å². The number of carboxylic acid groups (broad SMARTS) is 1. The molecule has 4 nitrogen and oxygen atoms in total.